The Morgan fingerprint density at radius 2 is 2.19 bits per heavy atom. The van der Waals surface area contributed by atoms with Crippen molar-refractivity contribution in [3.8, 4) is 11.5 Å². The number of imidazole rings is 1. The van der Waals surface area contributed by atoms with Crippen LogP contribution in [0.4, 0.5) is 5.69 Å². The second kappa shape index (κ2) is 9.30. The minimum absolute atomic E-state index is 0.279. The Hall–Kier alpha value is -3.23. The van der Waals surface area contributed by atoms with E-state index >= 15 is 0 Å². The predicted molar refractivity (Wildman–Crippen MR) is 97.8 cm³/mol. The molecular weight excluding hydrogens is 338 g/mol. The minimum Gasteiger partial charge on any atom is -0.497 e. The molecule has 0 aliphatic heterocycles. The number of aryl methyl sites for hydroxylation is 2. The molecule has 2 N–H and O–H groups in total. The summed E-state index contributed by atoms with van der Waals surface area (Å²) in [7, 11) is 3.08. The average molecular weight is 361 g/mol. The number of ether oxygens (including phenoxy) is 2. The van der Waals surface area contributed by atoms with Gasteiger partial charge in [0, 0.05) is 31.0 Å². The zero-order valence-electron chi connectivity index (χ0n) is 15.1. The summed E-state index contributed by atoms with van der Waals surface area (Å²) in [6, 6.07) is 5.19. The smallest absolute Gasteiger partial charge is 0.274 e. The second-order valence-corrected chi connectivity index (χ2v) is 5.53. The van der Waals surface area contributed by atoms with E-state index in [1.54, 1.807) is 37.8 Å². The molecule has 0 amide bonds. The normalized spacial score (nSPS) is 11.1. The van der Waals surface area contributed by atoms with E-state index in [0.29, 0.717) is 23.7 Å². The molecular formula is C17H23N5O4. The van der Waals surface area contributed by atoms with Crippen LogP contribution in [-0.2, 0) is 6.54 Å². The highest BCUT2D eigenvalue weighted by atomic mass is 16.6. The van der Waals surface area contributed by atoms with Crippen molar-refractivity contribution in [2.24, 2.45) is 0 Å². The lowest BCUT2D eigenvalue weighted by molar-refractivity contribution is -0.403. The van der Waals surface area contributed by atoms with Crippen molar-refractivity contribution in [1.82, 2.24) is 14.9 Å². The number of hydrogen-bond acceptors (Lipinski definition) is 7. The van der Waals surface area contributed by atoms with Gasteiger partial charge in [-0.2, -0.15) is 0 Å². The van der Waals surface area contributed by atoms with E-state index < -0.39 is 4.92 Å². The number of nitrogens with zero attached hydrogens (tertiary/aromatic N) is 3. The Labute approximate surface area is 151 Å². The van der Waals surface area contributed by atoms with Crippen molar-refractivity contribution in [2.75, 3.05) is 26.1 Å². The molecule has 9 nitrogen and oxygen atoms in total. The van der Waals surface area contributed by atoms with Crippen molar-refractivity contribution in [3.63, 3.8) is 0 Å². The highest BCUT2D eigenvalue weighted by Gasteiger charge is 2.09. The molecule has 1 aromatic heterocycles. The Kier molecular flexibility index (Phi) is 6.84. The van der Waals surface area contributed by atoms with Gasteiger partial charge in [0.1, 0.15) is 11.5 Å². The van der Waals surface area contributed by atoms with Gasteiger partial charge in [-0.3, -0.25) is 10.1 Å². The molecule has 0 bridgehead atoms. The maximum atomic E-state index is 10.9. The fourth-order valence-corrected chi connectivity index (χ4v) is 2.37. The molecule has 0 fully saturated rings. The van der Waals surface area contributed by atoms with Crippen LogP contribution >= 0.6 is 0 Å². The molecule has 0 saturated heterocycles. The first kappa shape index (κ1) is 19.1. The van der Waals surface area contributed by atoms with Gasteiger partial charge in [-0.25, -0.2) is 4.98 Å². The van der Waals surface area contributed by atoms with Gasteiger partial charge in [0.15, 0.2) is 5.82 Å². The van der Waals surface area contributed by atoms with Gasteiger partial charge in [-0.15, -0.1) is 0 Å². The molecule has 2 aromatic rings. The first-order valence-corrected chi connectivity index (χ1v) is 8.08. The number of methoxy groups -OCH3 is 2. The third-order valence-electron chi connectivity index (χ3n) is 3.72. The van der Waals surface area contributed by atoms with E-state index in [9.17, 15) is 10.1 Å². The molecule has 26 heavy (non-hydrogen) atoms. The monoisotopic (exact) mass is 361 g/mol. The predicted octanol–water partition coefficient (Wildman–Crippen LogP) is 2.38. The van der Waals surface area contributed by atoms with Gasteiger partial charge in [-0.1, -0.05) is 0 Å². The summed E-state index contributed by atoms with van der Waals surface area (Å²) in [5.74, 6) is 1.44. The highest BCUT2D eigenvalue weighted by molar-refractivity contribution is 5.61. The number of nitrogens with one attached hydrogen (secondary N) is 2. The van der Waals surface area contributed by atoms with E-state index in [1.165, 1.54) is 7.11 Å². The van der Waals surface area contributed by atoms with Crippen LogP contribution < -0.4 is 20.1 Å². The number of aromatic nitrogens is 2. The SMILES string of the molecule is COc1ccc(N/C(=C\[N+](=O)[O-])NCCCn2cncc2C)c(OC)c1. The molecule has 0 atom stereocenters. The number of hydrogen-bond donors (Lipinski definition) is 2. The van der Waals surface area contributed by atoms with Gasteiger partial charge in [0.25, 0.3) is 6.20 Å². The van der Waals surface area contributed by atoms with Crippen LogP contribution in [0.25, 0.3) is 0 Å². The molecule has 0 aliphatic carbocycles. The lowest BCUT2D eigenvalue weighted by Crippen LogP contribution is -2.23. The fraction of sp³-hybridized carbons (Fsp3) is 0.353. The number of rotatable bonds is 10. The summed E-state index contributed by atoms with van der Waals surface area (Å²) < 4.78 is 12.5. The van der Waals surface area contributed by atoms with E-state index in [4.69, 9.17) is 9.47 Å². The quantitative estimate of drug-likeness (QED) is 0.380. The number of anilines is 1. The molecule has 9 heteroatoms. The Morgan fingerprint density at radius 3 is 2.81 bits per heavy atom. The molecule has 0 radical (unpaired) electrons. The number of nitro groups is 1. The maximum absolute atomic E-state index is 10.9. The van der Waals surface area contributed by atoms with Crippen LogP contribution in [0.5, 0.6) is 11.5 Å². The zero-order chi connectivity index (χ0) is 18.9. The molecule has 1 heterocycles. The fourth-order valence-electron chi connectivity index (χ4n) is 2.37. The van der Waals surface area contributed by atoms with Gasteiger partial charge >= 0.3 is 0 Å². The molecule has 140 valence electrons. The lowest BCUT2D eigenvalue weighted by atomic mass is 10.2. The minimum atomic E-state index is -0.509. The van der Waals surface area contributed by atoms with E-state index in [1.807, 2.05) is 11.5 Å². The van der Waals surface area contributed by atoms with E-state index in [2.05, 4.69) is 15.6 Å². The molecule has 0 unspecified atom stereocenters. The van der Waals surface area contributed by atoms with E-state index in [-0.39, 0.29) is 5.82 Å². The molecule has 1 aromatic carbocycles. The first-order chi connectivity index (χ1) is 12.5. The maximum Gasteiger partial charge on any atom is 0.274 e. The Bertz CT molecular complexity index is 772. The van der Waals surface area contributed by atoms with Crippen molar-refractivity contribution in [3.05, 3.63) is 58.6 Å². The topological polar surface area (TPSA) is 103 Å². The standard InChI is InChI=1S/C17H23N5O4/c1-13-10-18-12-21(13)8-4-7-19-17(11-22(23)24)20-15-6-5-14(25-2)9-16(15)26-3/h5-6,9-12,19-20H,4,7-8H2,1-3H3/b17-11-. The third-order valence-corrected chi connectivity index (χ3v) is 3.72. The largest absolute Gasteiger partial charge is 0.497 e. The van der Waals surface area contributed by atoms with Crippen molar-refractivity contribution >= 4 is 5.69 Å². The van der Waals surface area contributed by atoms with E-state index in [0.717, 1.165) is 24.9 Å². The summed E-state index contributed by atoms with van der Waals surface area (Å²) in [4.78, 5) is 14.5. The molecule has 2 rings (SSSR count). The second-order valence-electron chi connectivity index (χ2n) is 5.53. The third kappa shape index (κ3) is 5.40. The van der Waals surface area contributed by atoms with Gasteiger partial charge in [0.05, 0.1) is 31.2 Å². The van der Waals surface area contributed by atoms with Gasteiger partial charge < -0.3 is 24.7 Å². The summed E-state index contributed by atoms with van der Waals surface area (Å²) in [6.45, 7) is 3.31. The van der Waals surface area contributed by atoms with Crippen LogP contribution in [0.1, 0.15) is 12.1 Å². The highest BCUT2D eigenvalue weighted by Crippen LogP contribution is 2.29. The Morgan fingerprint density at radius 1 is 1.38 bits per heavy atom. The van der Waals surface area contributed by atoms with Crippen LogP contribution in [0.2, 0.25) is 0 Å². The Balaban J connectivity index is 1.99. The lowest BCUT2D eigenvalue weighted by Gasteiger charge is -2.15. The molecule has 0 saturated carbocycles. The summed E-state index contributed by atoms with van der Waals surface area (Å²) in [5, 5.41) is 16.9. The van der Waals surface area contributed by atoms with Crippen LogP contribution in [-0.4, -0.2) is 35.2 Å². The summed E-state index contributed by atoms with van der Waals surface area (Å²) in [6.07, 6.45) is 5.24. The average Bonchev–Trinajstić information content (AvgIpc) is 3.03. The number of benzene rings is 1. The van der Waals surface area contributed by atoms with Crippen molar-refractivity contribution in [2.45, 2.75) is 19.9 Å². The van der Waals surface area contributed by atoms with Gasteiger partial charge in [-0.05, 0) is 25.5 Å². The molecule has 0 spiro atoms. The molecule has 0 aliphatic rings. The van der Waals surface area contributed by atoms with Gasteiger partial charge in [0.2, 0.25) is 0 Å². The first-order valence-electron chi connectivity index (χ1n) is 8.08. The summed E-state index contributed by atoms with van der Waals surface area (Å²) in [5.41, 5.74) is 1.67. The van der Waals surface area contributed by atoms with Crippen molar-refractivity contribution < 1.29 is 14.4 Å². The van der Waals surface area contributed by atoms with Crippen molar-refractivity contribution in [1.29, 1.82) is 0 Å². The van der Waals surface area contributed by atoms with Crippen LogP contribution in [0.15, 0.2) is 42.7 Å². The van der Waals surface area contributed by atoms with Crippen LogP contribution in [0.3, 0.4) is 0 Å². The van der Waals surface area contributed by atoms with Crippen LogP contribution in [0, 0.1) is 17.0 Å². The summed E-state index contributed by atoms with van der Waals surface area (Å²) >= 11 is 0. The zero-order valence-corrected chi connectivity index (χ0v) is 15.1.